The zero-order valence-corrected chi connectivity index (χ0v) is 11.2. The van der Waals surface area contributed by atoms with E-state index in [2.05, 4.69) is 9.72 Å². The van der Waals surface area contributed by atoms with Gasteiger partial charge in [0.15, 0.2) is 10.0 Å². The summed E-state index contributed by atoms with van der Waals surface area (Å²) in [5.41, 5.74) is 1.09. The second-order valence-corrected chi connectivity index (χ2v) is 4.90. The quantitative estimate of drug-likeness (QED) is 0.790. The van der Waals surface area contributed by atoms with Gasteiger partial charge in [-0.15, -0.1) is 11.3 Å². The van der Waals surface area contributed by atoms with Gasteiger partial charge in [-0.1, -0.05) is 23.7 Å². The van der Waals surface area contributed by atoms with E-state index in [1.165, 1.54) is 13.2 Å². The van der Waals surface area contributed by atoms with Crippen molar-refractivity contribution >= 4 is 28.9 Å². The number of carbonyl (C=O) groups excluding carboxylic acids is 1. The Morgan fingerprint density at radius 1 is 1.50 bits per heavy atom. The van der Waals surface area contributed by atoms with E-state index in [0.29, 0.717) is 16.1 Å². The predicted molar refractivity (Wildman–Crippen MR) is 68.6 cm³/mol. The van der Waals surface area contributed by atoms with Gasteiger partial charge in [0, 0.05) is 5.56 Å². The number of nitrogens with zero attached hydrogens (tertiary/aromatic N) is 1. The lowest BCUT2D eigenvalue weighted by Crippen LogP contribution is -1.98. The van der Waals surface area contributed by atoms with Gasteiger partial charge in [-0.2, -0.15) is 0 Å². The van der Waals surface area contributed by atoms with Gasteiger partial charge in [0.2, 0.25) is 0 Å². The summed E-state index contributed by atoms with van der Waals surface area (Å²) in [6.45, 7) is 1.65. The maximum absolute atomic E-state index is 13.4. The fraction of sp³-hybridized carbons (Fsp3) is 0.167. The normalized spacial score (nSPS) is 10.4. The Bertz CT molecular complexity index is 612. The number of thiazole rings is 1. The molecule has 2 rings (SSSR count). The van der Waals surface area contributed by atoms with Crippen molar-refractivity contribution in [2.24, 2.45) is 0 Å². The SMILES string of the molecule is COC(=O)c1sc(-c2cccc(F)c2C)nc1Cl. The van der Waals surface area contributed by atoms with E-state index in [1.54, 1.807) is 19.1 Å². The zero-order chi connectivity index (χ0) is 13.3. The van der Waals surface area contributed by atoms with E-state index in [1.807, 2.05) is 0 Å². The van der Waals surface area contributed by atoms with Crippen molar-refractivity contribution in [2.75, 3.05) is 7.11 Å². The summed E-state index contributed by atoms with van der Waals surface area (Å²) in [5, 5.41) is 0.572. The lowest BCUT2D eigenvalue weighted by atomic mass is 10.1. The summed E-state index contributed by atoms with van der Waals surface area (Å²) < 4.78 is 18.0. The number of methoxy groups -OCH3 is 1. The molecule has 0 saturated heterocycles. The molecule has 6 heteroatoms. The zero-order valence-electron chi connectivity index (χ0n) is 9.66. The van der Waals surface area contributed by atoms with Crippen molar-refractivity contribution in [1.82, 2.24) is 4.98 Å². The average Bonchev–Trinajstić information content (AvgIpc) is 2.73. The van der Waals surface area contributed by atoms with Crippen LogP contribution in [-0.2, 0) is 4.74 Å². The van der Waals surface area contributed by atoms with Crippen LogP contribution in [0.5, 0.6) is 0 Å². The molecule has 0 aliphatic rings. The third-order valence-corrected chi connectivity index (χ3v) is 3.91. The highest BCUT2D eigenvalue weighted by atomic mass is 35.5. The largest absolute Gasteiger partial charge is 0.465 e. The standard InChI is InChI=1S/C12H9ClFNO2S/c1-6-7(4-3-5-8(6)14)11-15-10(13)9(18-11)12(16)17-2/h3-5H,1-2H3. The maximum Gasteiger partial charge on any atom is 0.351 e. The predicted octanol–water partition coefficient (Wildman–Crippen LogP) is 3.70. The first-order valence-corrected chi connectivity index (χ1v) is 6.24. The molecule has 0 radical (unpaired) electrons. The van der Waals surface area contributed by atoms with Crippen LogP contribution < -0.4 is 0 Å². The third-order valence-electron chi connectivity index (χ3n) is 2.45. The van der Waals surface area contributed by atoms with Crippen LogP contribution in [0.15, 0.2) is 18.2 Å². The maximum atomic E-state index is 13.4. The summed E-state index contributed by atoms with van der Waals surface area (Å²) in [7, 11) is 1.27. The van der Waals surface area contributed by atoms with Crippen LogP contribution in [0.3, 0.4) is 0 Å². The molecule has 0 atom stereocenters. The van der Waals surface area contributed by atoms with Crippen LogP contribution in [0.25, 0.3) is 10.6 Å². The number of hydrogen-bond donors (Lipinski definition) is 0. The lowest BCUT2D eigenvalue weighted by molar-refractivity contribution is 0.0606. The van der Waals surface area contributed by atoms with E-state index in [-0.39, 0.29) is 15.8 Å². The molecule has 0 unspecified atom stereocenters. The summed E-state index contributed by atoms with van der Waals surface area (Å²) in [5.74, 6) is -0.865. The van der Waals surface area contributed by atoms with Gasteiger partial charge in [0.25, 0.3) is 0 Å². The number of aromatic nitrogens is 1. The molecule has 0 N–H and O–H groups in total. The number of carbonyl (C=O) groups is 1. The van der Waals surface area contributed by atoms with Gasteiger partial charge in [-0.05, 0) is 18.6 Å². The second-order valence-electron chi connectivity index (χ2n) is 3.54. The van der Waals surface area contributed by atoms with Crippen LogP contribution in [0.2, 0.25) is 5.15 Å². The number of hydrogen-bond acceptors (Lipinski definition) is 4. The molecule has 0 aliphatic carbocycles. The monoisotopic (exact) mass is 285 g/mol. The molecule has 0 bridgehead atoms. The molecule has 18 heavy (non-hydrogen) atoms. The molecule has 0 aliphatic heterocycles. The lowest BCUT2D eigenvalue weighted by Gasteiger charge is -2.02. The molecule has 1 heterocycles. The Morgan fingerprint density at radius 2 is 2.22 bits per heavy atom. The van der Waals surface area contributed by atoms with Crippen LogP contribution in [-0.4, -0.2) is 18.1 Å². The molecular formula is C12H9ClFNO2S. The van der Waals surface area contributed by atoms with Gasteiger partial charge in [-0.25, -0.2) is 14.2 Å². The van der Waals surface area contributed by atoms with Gasteiger partial charge < -0.3 is 4.74 Å². The molecule has 94 valence electrons. The number of esters is 1. The fourth-order valence-electron chi connectivity index (χ4n) is 1.47. The molecular weight excluding hydrogens is 277 g/mol. The smallest absolute Gasteiger partial charge is 0.351 e. The first-order chi connectivity index (χ1) is 8.54. The van der Waals surface area contributed by atoms with Gasteiger partial charge in [-0.3, -0.25) is 0 Å². The fourth-order valence-corrected chi connectivity index (χ4v) is 2.76. The minimum atomic E-state index is -0.544. The highest BCUT2D eigenvalue weighted by Gasteiger charge is 2.19. The van der Waals surface area contributed by atoms with Gasteiger partial charge in [0.1, 0.15) is 10.8 Å². The number of rotatable bonds is 2. The molecule has 3 nitrogen and oxygen atoms in total. The topological polar surface area (TPSA) is 39.2 Å². The van der Waals surface area contributed by atoms with E-state index in [4.69, 9.17) is 11.6 Å². The summed E-state index contributed by atoms with van der Waals surface area (Å²) in [6, 6.07) is 4.69. The minimum Gasteiger partial charge on any atom is -0.465 e. The Kier molecular flexibility index (Phi) is 3.63. The minimum absolute atomic E-state index is 0.0745. The Morgan fingerprint density at radius 3 is 2.89 bits per heavy atom. The van der Waals surface area contributed by atoms with E-state index in [0.717, 1.165) is 11.3 Å². The molecule has 0 spiro atoms. The Labute approximate surface area is 112 Å². The van der Waals surface area contributed by atoms with Gasteiger partial charge >= 0.3 is 5.97 Å². The molecule has 0 amide bonds. The van der Waals surface area contributed by atoms with Crippen LogP contribution >= 0.6 is 22.9 Å². The van der Waals surface area contributed by atoms with E-state index < -0.39 is 5.97 Å². The number of halogens is 2. The summed E-state index contributed by atoms with van der Waals surface area (Å²) >= 11 is 6.95. The molecule has 2 aromatic rings. The van der Waals surface area contributed by atoms with Crippen molar-refractivity contribution in [1.29, 1.82) is 0 Å². The molecule has 0 fully saturated rings. The summed E-state index contributed by atoms with van der Waals surface area (Å²) in [4.78, 5) is 15.7. The van der Waals surface area contributed by atoms with Crippen molar-refractivity contribution < 1.29 is 13.9 Å². The van der Waals surface area contributed by atoms with E-state index in [9.17, 15) is 9.18 Å². The highest BCUT2D eigenvalue weighted by molar-refractivity contribution is 7.17. The highest BCUT2D eigenvalue weighted by Crippen LogP contribution is 2.33. The number of ether oxygens (including phenoxy) is 1. The second kappa shape index (κ2) is 5.04. The first kappa shape index (κ1) is 13.0. The Balaban J connectivity index is 2.53. The van der Waals surface area contributed by atoms with Crippen LogP contribution in [0, 0.1) is 12.7 Å². The van der Waals surface area contributed by atoms with Crippen molar-refractivity contribution in [3.8, 4) is 10.6 Å². The van der Waals surface area contributed by atoms with Crippen LogP contribution in [0.4, 0.5) is 4.39 Å². The molecule has 0 saturated carbocycles. The van der Waals surface area contributed by atoms with E-state index >= 15 is 0 Å². The van der Waals surface area contributed by atoms with Crippen molar-refractivity contribution in [3.63, 3.8) is 0 Å². The first-order valence-electron chi connectivity index (χ1n) is 5.04. The van der Waals surface area contributed by atoms with Gasteiger partial charge in [0.05, 0.1) is 7.11 Å². The van der Waals surface area contributed by atoms with Crippen LogP contribution in [0.1, 0.15) is 15.2 Å². The van der Waals surface area contributed by atoms with Crippen molar-refractivity contribution in [3.05, 3.63) is 39.6 Å². The Hall–Kier alpha value is -1.46. The molecule has 1 aromatic carbocycles. The summed E-state index contributed by atoms with van der Waals surface area (Å²) in [6.07, 6.45) is 0. The average molecular weight is 286 g/mol. The van der Waals surface area contributed by atoms with Crippen molar-refractivity contribution in [2.45, 2.75) is 6.92 Å². The number of benzene rings is 1. The molecule has 1 aromatic heterocycles. The third kappa shape index (κ3) is 2.23.